The fourth-order valence-corrected chi connectivity index (χ4v) is 3.13. The second-order valence-corrected chi connectivity index (χ2v) is 5.92. The normalized spacial score (nSPS) is 24.4. The molecule has 2 heterocycles. The molecule has 5 nitrogen and oxygen atoms in total. The monoisotopic (exact) mass is 272 g/mol. The zero-order valence-corrected chi connectivity index (χ0v) is 12.1. The third-order valence-corrected chi connectivity index (χ3v) is 4.53. The Bertz CT molecular complexity index is 620. The van der Waals surface area contributed by atoms with Crippen LogP contribution >= 0.6 is 0 Å². The Balaban J connectivity index is 1.99. The van der Waals surface area contributed by atoms with E-state index in [4.69, 9.17) is 10.5 Å². The Morgan fingerprint density at radius 2 is 2.25 bits per heavy atom. The smallest absolute Gasteiger partial charge is 0.132 e. The van der Waals surface area contributed by atoms with E-state index >= 15 is 0 Å². The molecule has 2 N–H and O–H groups in total. The van der Waals surface area contributed by atoms with Gasteiger partial charge in [0, 0.05) is 30.3 Å². The lowest BCUT2D eigenvalue weighted by Gasteiger charge is -2.51. The molecule has 0 radical (unpaired) electrons. The van der Waals surface area contributed by atoms with Crippen molar-refractivity contribution in [3.05, 3.63) is 30.9 Å². The first-order valence-corrected chi connectivity index (χ1v) is 6.81. The van der Waals surface area contributed by atoms with E-state index in [1.807, 2.05) is 24.7 Å². The predicted molar refractivity (Wildman–Crippen MR) is 78.1 cm³/mol. The van der Waals surface area contributed by atoms with Crippen LogP contribution in [0.1, 0.15) is 26.3 Å². The average molecular weight is 272 g/mol. The number of aromatic nitrogens is 3. The first-order chi connectivity index (χ1) is 9.55. The highest BCUT2D eigenvalue weighted by atomic mass is 16.5. The third kappa shape index (κ3) is 1.81. The van der Waals surface area contributed by atoms with Gasteiger partial charge in [-0.05, 0) is 18.6 Å². The number of pyridine rings is 1. The lowest BCUT2D eigenvalue weighted by molar-refractivity contribution is -0.112. The number of imidazole rings is 1. The molecule has 2 aromatic heterocycles. The molecule has 5 heteroatoms. The van der Waals surface area contributed by atoms with Crippen LogP contribution in [0.25, 0.3) is 11.3 Å². The molecular weight excluding hydrogens is 252 g/mol. The number of anilines is 1. The van der Waals surface area contributed by atoms with Crippen molar-refractivity contribution in [2.45, 2.75) is 32.4 Å². The highest BCUT2D eigenvalue weighted by molar-refractivity contribution is 5.70. The van der Waals surface area contributed by atoms with Crippen molar-refractivity contribution < 1.29 is 4.74 Å². The number of ether oxygens (including phenoxy) is 1. The minimum atomic E-state index is 0.0845. The minimum absolute atomic E-state index is 0.0845. The van der Waals surface area contributed by atoms with E-state index in [1.165, 1.54) is 0 Å². The van der Waals surface area contributed by atoms with E-state index in [1.54, 1.807) is 13.3 Å². The molecular formula is C15H20N4O. The van der Waals surface area contributed by atoms with Crippen molar-refractivity contribution in [2.24, 2.45) is 5.41 Å². The van der Waals surface area contributed by atoms with E-state index in [9.17, 15) is 0 Å². The van der Waals surface area contributed by atoms with Crippen LogP contribution in [0.2, 0.25) is 0 Å². The number of nitrogen functional groups attached to an aromatic ring is 1. The molecule has 1 aliphatic carbocycles. The Labute approximate surface area is 118 Å². The minimum Gasteiger partial charge on any atom is -0.383 e. The Morgan fingerprint density at radius 1 is 1.45 bits per heavy atom. The maximum absolute atomic E-state index is 5.98. The van der Waals surface area contributed by atoms with Gasteiger partial charge in [-0.15, -0.1) is 0 Å². The summed E-state index contributed by atoms with van der Waals surface area (Å²) in [5.74, 6) is 0.537. The van der Waals surface area contributed by atoms with Gasteiger partial charge in [-0.1, -0.05) is 13.8 Å². The summed E-state index contributed by atoms with van der Waals surface area (Å²) in [5, 5.41) is 0. The maximum atomic E-state index is 5.98. The summed E-state index contributed by atoms with van der Waals surface area (Å²) in [7, 11) is 1.77. The van der Waals surface area contributed by atoms with Crippen molar-refractivity contribution in [1.82, 2.24) is 14.5 Å². The molecule has 2 atom stereocenters. The highest BCUT2D eigenvalue weighted by Gasteiger charge is 2.50. The molecule has 0 spiro atoms. The number of hydrogen-bond acceptors (Lipinski definition) is 4. The summed E-state index contributed by atoms with van der Waals surface area (Å²) in [6.07, 6.45) is 6.71. The molecule has 0 aromatic carbocycles. The van der Waals surface area contributed by atoms with Crippen LogP contribution in [0, 0.1) is 5.41 Å². The predicted octanol–water partition coefficient (Wildman–Crippen LogP) is 2.51. The van der Waals surface area contributed by atoms with Crippen molar-refractivity contribution in [1.29, 1.82) is 0 Å². The highest BCUT2D eigenvalue weighted by Crippen LogP contribution is 2.52. The largest absolute Gasteiger partial charge is 0.383 e. The van der Waals surface area contributed by atoms with Crippen molar-refractivity contribution in [3.8, 4) is 11.3 Å². The molecule has 0 bridgehead atoms. The van der Waals surface area contributed by atoms with Gasteiger partial charge >= 0.3 is 0 Å². The van der Waals surface area contributed by atoms with Crippen molar-refractivity contribution in [3.63, 3.8) is 0 Å². The molecule has 20 heavy (non-hydrogen) atoms. The number of rotatable bonds is 3. The van der Waals surface area contributed by atoms with E-state index in [0.29, 0.717) is 11.9 Å². The van der Waals surface area contributed by atoms with Crippen LogP contribution in [0.3, 0.4) is 0 Å². The molecule has 0 aliphatic heterocycles. The van der Waals surface area contributed by atoms with Gasteiger partial charge in [0.25, 0.3) is 0 Å². The van der Waals surface area contributed by atoms with Gasteiger partial charge in [-0.2, -0.15) is 0 Å². The topological polar surface area (TPSA) is 66.0 Å². The zero-order valence-electron chi connectivity index (χ0n) is 12.1. The second kappa shape index (κ2) is 4.59. The summed E-state index contributed by atoms with van der Waals surface area (Å²) in [4.78, 5) is 8.46. The van der Waals surface area contributed by atoms with Crippen molar-refractivity contribution >= 4 is 5.82 Å². The maximum Gasteiger partial charge on any atom is 0.132 e. The van der Waals surface area contributed by atoms with Crippen LogP contribution in [0.15, 0.2) is 30.9 Å². The molecule has 2 unspecified atom stereocenters. The van der Waals surface area contributed by atoms with Gasteiger partial charge < -0.3 is 15.0 Å². The molecule has 2 aromatic rings. The second-order valence-electron chi connectivity index (χ2n) is 5.92. The molecule has 3 rings (SSSR count). The fourth-order valence-electron chi connectivity index (χ4n) is 3.13. The van der Waals surface area contributed by atoms with Gasteiger partial charge in [-0.25, -0.2) is 9.97 Å². The van der Waals surface area contributed by atoms with Crippen LogP contribution in [-0.2, 0) is 4.74 Å². The number of hydrogen-bond donors (Lipinski definition) is 1. The summed E-state index contributed by atoms with van der Waals surface area (Å²) in [5.41, 5.74) is 8.02. The molecule has 0 saturated heterocycles. The molecule has 1 aliphatic rings. The summed E-state index contributed by atoms with van der Waals surface area (Å²) in [6.45, 7) is 4.46. The zero-order chi connectivity index (χ0) is 14.3. The van der Waals surface area contributed by atoms with Crippen LogP contribution in [0.5, 0.6) is 0 Å². The summed E-state index contributed by atoms with van der Waals surface area (Å²) >= 11 is 0. The molecule has 0 amide bonds. The average Bonchev–Trinajstić information content (AvgIpc) is 2.87. The lowest BCUT2D eigenvalue weighted by Crippen LogP contribution is -2.51. The molecule has 1 saturated carbocycles. The Morgan fingerprint density at radius 3 is 2.90 bits per heavy atom. The summed E-state index contributed by atoms with van der Waals surface area (Å²) < 4.78 is 7.73. The van der Waals surface area contributed by atoms with Crippen molar-refractivity contribution in [2.75, 3.05) is 12.8 Å². The number of methoxy groups -OCH3 is 1. The molecule has 106 valence electrons. The van der Waals surface area contributed by atoms with Crippen LogP contribution in [0.4, 0.5) is 5.82 Å². The van der Waals surface area contributed by atoms with E-state index in [2.05, 4.69) is 28.4 Å². The van der Waals surface area contributed by atoms with E-state index < -0.39 is 0 Å². The quantitative estimate of drug-likeness (QED) is 0.932. The standard InChI is InChI=1S/C15H20N4O/c1-15(2)12(7-13(15)20-3)19-9-17-8-11(19)10-5-4-6-18-14(10)16/h4-6,8-9,12-13H,7H2,1-3H3,(H2,16,18). The fraction of sp³-hybridized carbons (Fsp3) is 0.467. The van der Waals surface area contributed by atoms with Crippen LogP contribution in [-0.4, -0.2) is 27.7 Å². The SMILES string of the molecule is COC1CC(n2cncc2-c2cccnc2N)C1(C)C. The molecule has 1 fully saturated rings. The van der Waals surface area contributed by atoms with Gasteiger partial charge in [0.1, 0.15) is 5.82 Å². The lowest BCUT2D eigenvalue weighted by atomic mass is 9.64. The first-order valence-electron chi connectivity index (χ1n) is 6.81. The summed E-state index contributed by atoms with van der Waals surface area (Å²) in [6, 6.07) is 4.24. The van der Waals surface area contributed by atoms with E-state index in [-0.39, 0.29) is 11.5 Å². The van der Waals surface area contributed by atoms with Gasteiger partial charge in [0.2, 0.25) is 0 Å². The van der Waals surface area contributed by atoms with E-state index in [0.717, 1.165) is 17.7 Å². The Hall–Kier alpha value is -1.88. The third-order valence-electron chi connectivity index (χ3n) is 4.53. The van der Waals surface area contributed by atoms with Crippen LogP contribution < -0.4 is 5.73 Å². The number of nitrogens with two attached hydrogens (primary N) is 1. The van der Waals surface area contributed by atoms with Gasteiger partial charge in [0.05, 0.1) is 24.3 Å². The number of nitrogens with zero attached hydrogens (tertiary/aromatic N) is 3. The first kappa shape index (κ1) is 13.1. The van der Waals surface area contributed by atoms with Gasteiger partial charge in [0.15, 0.2) is 0 Å². The Kier molecular flexibility index (Phi) is 3.01. The van der Waals surface area contributed by atoms with Gasteiger partial charge in [-0.3, -0.25) is 0 Å².